The molecule has 2 aromatic carbocycles. The molecule has 0 bridgehead atoms. The molecule has 13 nitrogen and oxygen atoms in total. The largest absolute Gasteiger partial charge is 0.506 e. The summed E-state index contributed by atoms with van der Waals surface area (Å²) in [5.41, 5.74) is 0.689. The van der Waals surface area contributed by atoms with Crippen molar-refractivity contribution in [2.45, 2.75) is 135 Å². The number of carbonyl (C=O) groups is 3. The summed E-state index contributed by atoms with van der Waals surface area (Å²) in [4.78, 5) is 52.8. The van der Waals surface area contributed by atoms with Gasteiger partial charge in [0.1, 0.15) is 11.5 Å². The number of H-pyrrole nitrogens is 1. The van der Waals surface area contributed by atoms with Crippen molar-refractivity contribution in [3.8, 4) is 11.5 Å². The summed E-state index contributed by atoms with van der Waals surface area (Å²) in [6.45, 7) is 9.85. The number of fused-ring (bicyclic) bond motifs is 8. The van der Waals surface area contributed by atoms with Crippen LogP contribution in [0.5, 0.6) is 11.5 Å². The van der Waals surface area contributed by atoms with E-state index in [0.717, 1.165) is 56.3 Å². The number of aromatic hydroxyl groups is 1. The first-order valence-electron chi connectivity index (χ1n) is 24.0. The first-order valence-corrected chi connectivity index (χ1v) is 24.0. The van der Waals surface area contributed by atoms with Crippen LogP contribution in [0.25, 0.3) is 10.9 Å². The summed E-state index contributed by atoms with van der Waals surface area (Å²) >= 11 is 0. The average molecular weight is 909 g/mol. The predicted molar refractivity (Wildman–Crippen MR) is 249 cm³/mol. The molecule has 5 aliphatic carbocycles. The summed E-state index contributed by atoms with van der Waals surface area (Å²) in [7, 11) is 1.64. The number of phenols is 1. The highest BCUT2D eigenvalue weighted by molar-refractivity contribution is 6.01. The van der Waals surface area contributed by atoms with Crippen molar-refractivity contribution < 1.29 is 48.7 Å². The van der Waals surface area contributed by atoms with Gasteiger partial charge in [0.15, 0.2) is 24.3 Å². The Balaban J connectivity index is 0.000000192. The molecule has 6 aliphatic rings. The fourth-order valence-corrected chi connectivity index (χ4v) is 12.8. The number of rotatable bonds is 12. The zero-order chi connectivity index (χ0) is 47.1. The van der Waals surface area contributed by atoms with Crippen LogP contribution in [0, 0.1) is 40.4 Å². The van der Waals surface area contributed by atoms with Gasteiger partial charge < -0.3 is 44.6 Å². The van der Waals surface area contributed by atoms with Crippen LogP contribution in [-0.2, 0) is 35.0 Å². The molecule has 5 fully saturated rings. The Morgan fingerprint density at radius 1 is 0.985 bits per heavy atom. The first-order chi connectivity index (χ1) is 31.5. The van der Waals surface area contributed by atoms with Crippen LogP contribution in [0.3, 0.4) is 0 Å². The molecule has 356 valence electrons. The Morgan fingerprint density at radius 3 is 2.44 bits per heavy atom. The lowest BCUT2D eigenvalue weighted by atomic mass is 9.46. The number of phenolic OH excluding ortho intramolecular Hbond substituents is 1. The van der Waals surface area contributed by atoms with Gasteiger partial charge in [0.05, 0.1) is 36.9 Å². The lowest BCUT2D eigenvalue weighted by Crippen LogP contribution is -2.63. The number of ketones is 2. The number of aromatic nitrogens is 1. The second-order valence-corrected chi connectivity index (χ2v) is 20.5. The zero-order valence-electron chi connectivity index (χ0n) is 39.2. The van der Waals surface area contributed by atoms with Crippen LogP contribution in [0.4, 0.5) is 0 Å². The topological polar surface area (TPSA) is 194 Å². The molecule has 3 aromatic rings. The molecule has 0 spiro atoms. The van der Waals surface area contributed by atoms with E-state index in [1.165, 1.54) is 24.1 Å². The maximum absolute atomic E-state index is 14.2. The molecule has 1 saturated heterocycles. The van der Waals surface area contributed by atoms with Crippen LogP contribution in [-0.4, -0.2) is 88.2 Å². The van der Waals surface area contributed by atoms with Crippen molar-refractivity contribution in [3.05, 3.63) is 93.8 Å². The van der Waals surface area contributed by atoms with E-state index in [-0.39, 0.29) is 70.5 Å². The smallest absolute Gasteiger partial charge is 0.308 e. The molecule has 2 heterocycles. The normalized spacial score (nSPS) is 32.3. The van der Waals surface area contributed by atoms with Crippen molar-refractivity contribution in [1.82, 2.24) is 10.3 Å². The number of hydrogen-bond donors (Lipinski definition) is 5. The molecular weight excluding hydrogens is 841 g/mol. The number of benzene rings is 2. The number of ether oxygens (including phenoxy) is 4. The Bertz CT molecular complexity index is 2400. The number of aromatic amines is 1. The molecule has 9 rings (SSSR count). The van der Waals surface area contributed by atoms with Gasteiger partial charge in [-0.3, -0.25) is 19.2 Å². The monoisotopic (exact) mass is 908 g/mol. The number of nitrogens with one attached hydrogen (secondary N) is 2. The quantitative estimate of drug-likeness (QED) is 0.115. The lowest BCUT2D eigenvalue weighted by molar-refractivity contribution is -0.210. The van der Waals surface area contributed by atoms with Crippen LogP contribution < -0.4 is 15.6 Å². The number of carbonyl (C=O) groups excluding carboxylic acids is 3. The fourth-order valence-electron chi connectivity index (χ4n) is 12.8. The number of hydrogen-bond acceptors (Lipinski definition) is 12. The van der Waals surface area contributed by atoms with Crippen LogP contribution >= 0.6 is 0 Å². The van der Waals surface area contributed by atoms with Crippen LogP contribution in [0.15, 0.2) is 77.1 Å². The van der Waals surface area contributed by atoms with Gasteiger partial charge in [-0.05, 0) is 111 Å². The van der Waals surface area contributed by atoms with Crippen molar-refractivity contribution in [1.29, 1.82) is 0 Å². The lowest BCUT2D eigenvalue weighted by Gasteiger charge is -2.59. The highest BCUT2D eigenvalue weighted by atomic mass is 16.7. The fraction of sp³-hybridized carbons (Fsp3) is 0.585. The number of pyridine rings is 1. The minimum atomic E-state index is -1.25. The van der Waals surface area contributed by atoms with E-state index >= 15 is 0 Å². The van der Waals surface area contributed by atoms with Gasteiger partial charge in [-0.15, -0.1) is 0 Å². The van der Waals surface area contributed by atoms with E-state index in [1.807, 2.05) is 30.3 Å². The maximum Gasteiger partial charge on any atom is 0.308 e. The minimum absolute atomic E-state index is 0.0144. The zero-order valence-corrected chi connectivity index (χ0v) is 39.2. The van der Waals surface area contributed by atoms with E-state index in [1.54, 1.807) is 45.2 Å². The van der Waals surface area contributed by atoms with Crippen LogP contribution in [0.1, 0.15) is 110 Å². The third kappa shape index (κ3) is 8.82. The maximum atomic E-state index is 14.2. The molecule has 0 radical (unpaired) electrons. The molecule has 1 aliphatic heterocycles. The Hall–Kier alpha value is -4.66. The van der Waals surface area contributed by atoms with Gasteiger partial charge >= 0.3 is 5.97 Å². The third-order valence-electron chi connectivity index (χ3n) is 16.1. The van der Waals surface area contributed by atoms with Crippen LogP contribution in [0.2, 0.25) is 0 Å². The molecule has 13 heteroatoms. The minimum Gasteiger partial charge on any atom is -0.506 e. The predicted octanol–water partition coefficient (Wildman–Crippen LogP) is 7.20. The molecule has 11 atom stereocenters. The van der Waals surface area contributed by atoms with Gasteiger partial charge in [0.2, 0.25) is 11.3 Å². The molecule has 5 N–H and O–H groups in total. The first kappa shape index (κ1) is 47.8. The van der Waals surface area contributed by atoms with Crippen molar-refractivity contribution >= 4 is 28.4 Å². The van der Waals surface area contributed by atoms with E-state index in [0.29, 0.717) is 35.9 Å². The Labute approximate surface area is 387 Å². The van der Waals surface area contributed by atoms with E-state index in [4.69, 9.17) is 18.9 Å². The van der Waals surface area contributed by atoms with Gasteiger partial charge in [-0.2, -0.15) is 0 Å². The van der Waals surface area contributed by atoms with Crippen molar-refractivity contribution in [3.63, 3.8) is 0 Å². The standard InChI is InChI=1S/C32H44O7.C21H24N2O4/c1-18(2)28(36)37-17-25(35)32-26(38-29(39-32)19-8-6-5-7-9-19)15-23-22-11-10-20-14-21(33)12-13-30(20,3)27(22)24(34)16-31(23,32)4;1-13(11-14-3-5-15(27-2)6-4-14)22-12-19(25)16-7-9-18(24)21-17(16)8-10-20(26)23-21/h12-14,18-19,22-24,26-27,29,34H,5-11,15-17H2,1-4H3;3-10,13,19,22,24-25H,11-12H2,1-2H3,(H,23,26)/t22-,23-,24-,26+,27+,29+,30-,31-,32+;13-,19+/m01/s1. The van der Waals surface area contributed by atoms with E-state index in [2.05, 4.69) is 31.1 Å². The van der Waals surface area contributed by atoms with Crippen molar-refractivity contribution in [2.75, 3.05) is 20.3 Å². The number of esters is 1. The molecule has 0 unspecified atom stereocenters. The number of Topliss-reactive ketones (excluding diaryl/α,β-unsaturated/α-hetero) is 1. The highest BCUT2D eigenvalue weighted by Gasteiger charge is 2.76. The number of methoxy groups -OCH3 is 1. The van der Waals surface area contributed by atoms with Gasteiger partial charge in [0, 0.05) is 46.7 Å². The summed E-state index contributed by atoms with van der Waals surface area (Å²) in [5.74, 6) is 0.341. The Morgan fingerprint density at radius 2 is 1.73 bits per heavy atom. The number of aliphatic hydroxyl groups is 2. The second kappa shape index (κ2) is 19.1. The highest BCUT2D eigenvalue weighted by Crippen LogP contribution is 2.70. The molecule has 66 heavy (non-hydrogen) atoms. The van der Waals surface area contributed by atoms with Gasteiger partial charge in [-0.1, -0.05) is 76.8 Å². The summed E-state index contributed by atoms with van der Waals surface area (Å²) in [6.07, 6.45) is 12.2. The summed E-state index contributed by atoms with van der Waals surface area (Å²) < 4.78 is 24.2. The third-order valence-corrected chi connectivity index (χ3v) is 16.1. The van der Waals surface area contributed by atoms with Gasteiger partial charge in [0.25, 0.3) is 0 Å². The molecular formula is C53H68N2O11. The average Bonchev–Trinajstić information content (AvgIpc) is 3.81. The molecule has 4 saturated carbocycles. The molecule has 1 aromatic heterocycles. The summed E-state index contributed by atoms with van der Waals surface area (Å²) in [5, 5.41) is 36.4. The number of allylic oxidation sites excluding steroid dienone is 4. The SMILES string of the molecule is CC(C)C(=O)OCC(=O)[C@@]12O[C@H](C3CCCCC3)O[C@@H]1C[C@H]1[C@@H]3CCC4=CC(=O)C=C[C@]4(C)[C@H]3[C@@H](O)C[C@@]12C.COc1ccc(C[C@@H](C)NC[C@H](O)c2ccc(O)c3[nH]c(=O)ccc23)cc1. The summed E-state index contributed by atoms with van der Waals surface area (Å²) in [6, 6.07) is 14.2. The van der Waals surface area contributed by atoms with E-state index < -0.39 is 41.6 Å². The van der Waals surface area contributed by atoms with Crippen molar-refractivity contribution in [2.24, 2.45) is 40.4 Å². The van der Waals surface area contributed by atoms with Gasteiger partial charge in [-0.25, -0.2) is 0 Å². The molecule has 0 amide bonds. The Kier molecular flexibility index (Phi) is 13.9. The van der Waals surface area contributed by atoms with E-state index in [9.17, 15) is 34.5 Å². The second-order valence-electron chi connectivity index (χ2n) is 20.5. The number of aliphatic hydroxyl groups excluding tert-OH is 2.